The molecule has 0 saturated carbocycles. The Morgan fingerprint density at radius 1 is 1.47 bits per heavy atom. The van der Waals surface area contributed by atoms with Crippen molar-refractivity contribution in [1.82, 2.24) is 4.98 Å². The van der Waals surface area contributed by atoms with Gasteiger partial charge >= 0.3 is 6.01 Å². The summed E-state index contributed by atoms with van der Waals surface area (Å²) in [6, 6.07) is 7.70. The highest BCUT2D eigenvalue weighted by molar-refractivity contribution is 8.14. The summed E-state index contributed by atoms with van der Waals surface area (Å²) in [6.07, 6.45) is 0.350. The zero-order valence-electron chi connectivity index (χ0n) is 10.3. The van der Waals surface area contributed by atoms with Crippen LogP contribution in [0.25, 0.3) is 11.1 Å². The van der Waals surface area contributed by atoms with Gasteiger partial charge in [-0.15, -0.1) is 0 Å². The molecule has 1 fully saturated rings. The number of aromatic nitrogens is 1. The molecule has 1 aliphatic rings. The minimum atomic E-state index is -0.0506. The first-order chi connectivity index (χ1) is 9.13. The quantitative estimate of drug-likeness (QED) is 0.841. The number of carbonyl (C=O) groups excluding carboxylic acids is 2. The summed E-state index contributed by atoms with van der Waals surface area (Å²) in [5, 5.41) is 0.0113. The van der Waals surface area contributed by atoms with Crippen molar-refractivity contribution in [2.75, 3.05) is 11.4 Å². The molecule has 1 amide bonds. The van der Waals surface area contributed by atoms with Crippen LogP contribution < -0.4 is 4.90 Å². The van der Waals surface area contributed by atoms with Crippen molar-refractivity contribution in [1.29, 1.82) is 0 Å². The second-order valence-electron chi connectivity index (χ2n) is 4.40. The lowest BCUT2D eigenvalue weighted by atomic mass is 10.3. The molecule has 1 aromatic heterocycles. The van der Waals surface area contributed by atoms with Crippen LogP contribution in [-0.2, 0) is 9.59 Å². The summed E-state index contributed by atoms with van der Waals surface area (Å²) in [5.74, 6) is -0.0506. The van der Waals surface area contributed by atoms with Crippen LogP contribution >= 0.6 is 11.8 Å². The summed E-state index contributed by atoms with van der Waals surface area (Å²) in [7, 11) is 0. The molecule has 19 heavy (non-hydrogen) atoms. The van der Waals surface area contributed by atoms with Gasteiger partial charge in [0.1, 0.15) is 5.52 Å². The minimum Gasteiger partial charge on any atom is -0.423 e. The lowest BCUT2D eigenvalue weighted by Crippen LogP contribution is -2.25. The van der Waals surface area contributed by atoms with Crippen molar-refractivity contribution in [3.05, 3.63) is 24.3 Å². The first-order valence-corrected chi connectivity index (χ1v) is 6.84. The molecule has 5 nitrogen and oxygen atoms in total. The fourth-order valence-electron chi connectivity index (χ4n) is 2.15. The maximum atomic E-state index is 11.9. The number of anilines is 1. The number of carbonyl (C=O) groups is 2. The van der Waals surface area contributed by atoms with Gasteiger partial charge in [0.05, 0.1) is 0 Å². The Morgan fingerprint density at radius 2 is 2.26 bits per heavy atom. The van der Waals surface area contributed by atoms with Crippen molar-refractivity contribution in [2.45, 2.75) is 18.6 Å². The van der Waals surface area contributed by atoms with E-state index in [4.69, 9.17) is 4.42 Å². The van der Waals surface area contributed by atoms with Gasteiger partial charge in [-0.05, 0) is 12.1 Å². The van der Waals surface area contributed by atoms with Crippen LogP contribution in [0.2, 0.25) is 0 Å². The Labute approximate surface area is 114 Å². The number of fused-ring (bicyclic) bond motifs is 1. The van der Waals surface area contributed by atoms with Crippen LogP contribution in [0.1, 0.15) is 13.3 Å². The lowest BCUT2D eigenvalue weighted by molar-refractivity contribution is -0.117. The molecular weight excluding hydrogens is 264 g/mol. The van der Waals surface area contributed by atoms with E-state index in [0.29, 0.717) is 24.6 Å². The molecule has 0 radical (unpaired) electrons. The number of hydrogen-bond acceptors (Lipinski definition) is 5. The Morgan fingerprint density at radius 3 is 3.00 bits per heavy atom. The highest BCUT2D eigenvalue weighted by Crippen LogP contribution is 2.30. The molecule has 1 aromatic carbocycles. The molecule has 98 valence electrons. The lowest BCUT2D eigenvalue weighted by Gasteiger charge is -2.10. The van der Waals surface area contributed by atoms with Gasteiger partial charge in [-0.2, -0.15) is 4.98 Å². The zero-order chi connectivity index (χ0) is 13.4. The molecule has 0 bridgehead atoms. The second-order valence-corrected chi connectivity index (χ2v) is 5.88. The Balaban J connectivity index is 1.85. The van der Waals surface area contributed by atoms with E-state index in [9.17, 15) is 9.59 Å². The van der Waals surface area contributed by atoms with Crippen molar-refractivity contribution >= 4 is 39.9 Å². The third kappa shape index (κ3) is 2.35. The average molecular weight is 276 g/mol. The summed E-state index contributed by atoms with van der Waals surface area (Å²) >= 11 is 1.20. The topological polar surface area (TPSA) is 63.4 Å². The number of thioether (sulfide) groups is 1. The predicted octanol–water partition coefficient (Wildman–Crippen LogP) is 2.21. The number of amides is 1. The first kappa shape index (κ1) is 12.2. The van der Waals surface area contributed by atoms with Gasteiger partial charge in [0.2, 0.25) is 5.91 Å². The van der Waals surface area contributed by atoms with Crippen molar-refractivity contribution in [3.8, 4) is 0 Å². The molecule has 1 saturated heterocycles. The first-order valence-electron chi connectivity index (χ1n) is 5.96. The molecule has 0 N–H and O–H groups in total. The van der Waals surface area contributed by atoms with Gasteiger partial charge in [-0.1, -0.05) is 23.9 Å². The van der Waals surface area contributed by atoms with E-state index >= 15 is 0 Å². The maximum Gasteiger partial charge on any atom is 0.305 e. The van der Waals surface area contributed by atoms with E-state index in [1.807, 2.05) is 24.3 Å². The van der Waals surface area contributed by atoms with Gasteiger partial charge in [0.15, 0.2) is 10.7 Å². The van der Waals surface area contributed by atoms with E-state index in [0.717, 1.165) is 5.52 Å². The summed E-state index contributed by atoms with van der Waals surface area (Å²) in [5.41, 5.74) is 1.39. The van der Waals surface area contributed by atoms with Crippen LogP contribution in [0, 0.1) is 0 Å². The number of benzene rings is 1. The van der Waals surface area contributed by atoms with Gasteiger partial charge in [-0.25, -0.2) is 0 Å². The number of rotatable bonds is 2. The Hall–Kier alpha value is -1.82. The molecule has 1 atom stereocenters. The number of hydrogen-bond donors (Lipinski definition) is 0. The van der Waals surface area contributed by atoms with E-state index in [2.05, 4.69) is 4.98 Å². The summed E-state index contributed by atoms with van der Waals surface area (Å²) in [6.45, 7) is 1.98. The zero-order valence-corrected chi connectivity index (χ0v) is 11.1. The smallest absolute Gasteiger partial charge is 0.305 e. The predicted molar refractivity (Wildman–Crippen MR) is 73.0 cm³/mol. The van der Waals surface area contributed by atoms with Crippen LogP contribution in [0.4, 0.5) is 6.01 Å². The van der Waals surface area contributed by atoms with Crippen LogP contribution in [0.5, 0.6) is 0 Å². The van der Waals surface area contributed by atoms with Crippen LogP contribution in [0.15, 0.2) is 28.7 Å². The number of nitrogens with zero attached hydrogens (tertiary/aromatic N) is 2. The van der Waals surface area contributed by atoms with E-state index in [1.54, 1.807) is 0 Å². The van der Waals surface area contributed by atoms with Crippen LogP contribution in [0.3, 0.4) is 0 Å². The Kier molecular flexibility index (Phi) is 3.02. The molecule has 1 unspecified atom stereocenters. The highest BCUT2D eigenvalue weighted by atomic mass is 32.2. The van der Waals surface area contributed by atoms with E-state index in [-0.39, 0.29) is 16.3 Å². The van der Waals surface area contributed by atoms with Crippen LogP contribution in [-0.4, -0.2) is 27.8 Å². The standard InChI is InChI=1S/C13H12N2O3S/c1-8(16)19-9-6-12(17)15(7-9)13-14-10-4-2-3-5-11(10)18-13/h2-5,9H,6-7H2,1H3. The van der Waals surface area contributed by atoms with Crippen molar-refractivity contribution < 1.29 is 14.0 Å². The molecule has 1 aliphatic heterocycles. The molecule has 0 spiro atoms. The molecule has 2 aromatic rings. The maximum absolute atomic E-state index is 11.9. The molecule has 2 heterocycles. The molecule has 3 rings (SSSR count). The van der Waals surface area contributed by atoms with Crippen molar-refractivity contribution in [2.24, 2.45) is 0 Å². The van der Waals surface area contributed by atoms with Gasteiger partial charge < -0.3 is 4.42 Å². The normalized spacial score (nSPS) is 19.3. The Bertz CT molecular complexity index is 619. The summed E-state index contributed by atoms with van der Waals surface area (Å²) < 4.78 is 5.58. The fraction of sp³-hybridized carbons (Fsp3) is 0.308. The average Bonchev–Trinajstić information content (AvgIpc) is 2.91. The molecule has 6 heteroatoms. The molecular formula is C13H12N2O3S. The third-order valence-electron chi connectivity index (χ3n) is 2.94. The fourth-order valence-corrected chi connectivity index (χ4v) is 3.07. The van der Waals surface area contributed by atoms with E-state index in [1.165, 1.54) is 23.6 Å². The largest absolute Gasteiger partial charge is 0.423 e. The molecule has 0 aliphatic carbocycles. The highest BCUT2D eigenvalue weighted by Gasteiger charge is 2.34. The van der Waals surface area contributed by atoms with E-state index < -0.39 is 0 Å². The van der Waals surface area contributed by atoms with Gasteiger partial charge in [0.25, 0.3) is 0 Å². The SMILES string of the molecule is CC(=O)SC1CC(=O)N(c2nc3ccccc3o2)C1. The second kappa shape index (κ2) is 4.70. The monoisotopic (exact) mass is 276 g/mol. The summed E-state index contributed by atoms with van der Waals surface area (Å²) in [4.78, 5) is 28.8. The third-order valence-corrected chi connectivity index (χ3v) is 3.92. The number of para-hydroxylation sites is 2. The minimum absolute atomic E-state index is 0.0139. The van der Waals surface area contributed by atoms with Gasteiger partial charge in [-0.3, -0.25) is 14.5 Å². The van der Waals surface area contributed by atoms with Gasteiger partial charge in [0, 0.05) is 25.1 Å². The van der Waals surface area contributed by atoms with Crippen molar-refractivity contribution in [3.63, 3.8) is 0 Å². The number of oxazole rings is 1.